The zero-order valence-corrected chi connectivity index (χ0v) is 16.3. The number of aromatic amines is 1. The Hall–Kier alpha value is -3.17. The quantitative estimate of drug-likeness (QED) is 0.669. The Balaban J connectivity index is 1.99. The third-order valence-electron chi connectivity index (χ3n) is 4.85. The van der Waals surface area contributed by atoms with Gasteiger partial charge in [-0.25, -0.2) is 9.98 Å². The van der Waals surface area contributed by atoms with Crippen molar-refractivity contribution in [3.8, 4) is 0 Å². The number of halogens is 3. The van der Waals surface area contributed by atoms with Crippen molar-refractivity contribution in [2.24, 2.45) is 4.99 Å². The average molecular weight is 422 g/mol. The maximum absolute atomic E-state index is 13.4. The molecule has 0 saturated carbocycles. The minimum absolute atomic E-state index is 0.0141. The summed E-state index contributed by atoms with van der Waals surface area (Å²) in [6.07, 6.45) is -1.99. The highest BCUT2D eigenvalue weighted by Gasteiger charge is 2.35. The first-order chi connectivity index (χ1) is 14.1. The van der Waals surface area contributed by atoms with Gasteiger partial charge in [-0.2, -0.15) is 13.2 Å². The molecule has 1 aliphatic heterocycles. The molecule has 1 aliphatic rings. The molecule has 0 spiro atoms. The van der Waals surface area contributed by atoms with Crippen molar-refractivity contribution in [1.29, 1.82) is 0 Å². The first-order valence-corrected chi connectivity index (χ1v) is 9.47. The Morgan fingerprint density at radius 1 is 1.23 bits per heavy atom. The molecule has 30 heavy (non-hydrogen) atoms. The van der Waals surface area contributed by atoms with E-state index in [0.29, 0.717) is 32.2 Å². The minimum atomic E-state index is -4.53. The molecule has 1 aromatic carbocycles. The van der Waals surface area contributed by atoms with Crippen LogP contribution in [0.3, 0.4) is 0 Å². The van der Waals surface area contributed by atoms with Gasteiger partial charge < -0.3 is 15.0 Å². The molecule has 3 rings (SSSR count). The van der Waals surface area contributed by atoms with Crippen molar-refractivity contribution in [1.82, 2.24) is 9.97 Å². The number of carbonyl (C=O) groups is 1. The topological polar surface area (TPSA) is 98.7 Å². The fourth-order valence-electron chi connectivity index (χ4n) is 3.44. The predicted molar refractivity (Wildman–Crippen MR) is 105 cm³/mol. The Labute approximate surface area is 169 Å². The lowest BCUT2D eigenvalue weighted by molar-refractivity contribution is -0.138. The number of nitrogens with one attached hydrogen (secondary N) is 1. The monoisotopic (exact) mass is 422 g/mol. The van der Waals surface area contributed by atoms with Gasteiger partial charge in [0.25, 0.3) is 5.56 Å². The van der Waals surface area contributed by atoms with Crippen molar-refractivity contribution >= 4 is 29.7 Å². The number of unbranched alkanes of at least 4 members (excludes halogenated alkanes) is 3. The van der Waals surface area contributed by atoms with Gasteiger partial charge in [0.1, 0.15) is 5.48 Å². The number of rotatable bonds is 7. The van der Waals surface area contributed by atoms with Gasteiger partial charge >= 0.3 is 12.1 Å². The molecule has 0 bridgehead atoms. The van der Waals surface area contributed by atoms with Crippen LogP contribution in [-0.4, -0.2) is 27.6 Å². The van der Waals surface area contributed by atoms with Crippen LogP contribution in [0.15, 0.2) is 21.9 Å². The van der Waals surface area contributed by atoms with Crippen LogP contribution in [-0.2, 0) is 11.0 Å². The highest BCUT2D eigenvalue weighted by Crippen LogP contribution is 2.41. The van der Waals surface area contributed by atoms with E-state index in [1.807, 2.05) is 0 Å². The number of alkyl halides is 3. The lowest BCUT2D eigenvalue weighted by Gasteiger charge is -2.29. The maximum Gasteiger partial charge on any atom is 0.416 e. The summed E-state index contributed by atoms with van der Waals surface area (Å²) in [5.74, 6) is -0.698. The molecule has 2 aromatic rings. The molecule has 2 N–H and O–H groups in total. The number of nitrogens with zero attached hydrogens (tertiary/aromatic N) is 3. The van der Waals surface area contributed by atoms with E-state index in [2.05, 4.69) is 21.5 Å². The van der Waals surface area contributed by atoms with Gasteiger partial charge in [0, 0.05) is 13.0 Å². The molecule has 0 amide bonds. The highest BCUT2D eigenvalue weighted by molar-refractivity contribution is 5.77. The van der Waals surface area contributed by atoms with E-state index in [-0.39, 0.29) is 40.0 Å². The minimum Gasteiger partial charge on any atom is -0.481 e. The van der Waals surface area contributed by atoms with Crippen LogP contribution >= 0.6 is 0 Å². The van der Waals surface area contributed by atoms with Crippen molar-refractivity contribution in [3.05, 3.63) is 44.5 Å². The number of fused-ring (bicyclic) bond motifs is 2. The van der Waals surface area contributed by atoms with Crippen LogP contribution in [0.4, 0.5) is 30.4 Å². The molecule has 2 heterocycles. The molecular weight excluding hydrogens is 401 g/mol. The average Bonchev–Trinajstić information content (AvgIpc) is 2.62. The van der Waals surface area contributed by atoms with E-state index in [0.717, 1.165) is 6.07 Å². The number of carboxylic acid groups (broad SMARTS) is 1. The number of anilines is 2. The zero-order valence-electron chi connectivity index (χ0n) is 16.3. The summed E-state index contributed by atoms with van der Waals surface area (Å²) in [6, 6.07) is 2.35. The summed E-state index contributed by atoms with van der Waals surface area (Å²) < 4.78 is 40.3. The molecule has 0 atom stereocenters. The number of aryl methyl sites for hydroxylation is 1. The van der Waals surface area contributed by atoms with Crippen molar-refractivity contribution in [2.45, 2.75) is 45.2 Å². The summed E-state index contributed by atoms with van der Waals surface area (Å²) in [5, 5.41) is 8.73. The van der Waals surface area contributed by atoms with Gasteiger partial charge in [-0.1, -0.05) is 19.4 Å². The van der Waals surface area contributed by atoms with Gasteiger partial charge in [-0.15, -0.1) is 0 Å². The number of benzene rings is 1. The molecule has 10 heteroatoms. The standard InChI is InChI=1S/C20H21F3N4O3/c1-11-9-14-15(10-13(11)20(21,22)23)27(8-6-4-3-5-7-16(28)29)18-17(26-14)19(30)25-12(2)24-18/h9-10H,2-8H2,1H3,(H,25,30)(H,28,29). The second-order valence-corrected chi connectivity index (χ2v) is 7.16. The number of hydrogen-bond donors (Lipinski definition) is 2. The van der Waals surface area contributed by atoms with E-state index in [1.165, 1.54) is 13.0 Å². The third kappa shape index (κ3) is 4.52. The summed E-state index contributed by atoms with van der Waals surface area (Å²) >= 11 is 0. The largest absolute Gasteiger partial charge is 0.481 e. The predicted octanol–water partition coefficient (Wildman–Crippen LogP) is 2.95. The SMILES string of the molecule is C=c1nc2c(c(=O)[nH]1)=Nc1cc(C)c(C(F)(F)F)cc1N2CCCCCCC(=O)O. The Morgan fingerprint density at radius 3 is 2.60 bits per heavy atom. The first kappa shape index (κ1) is 21.5. The van der Waals surface area contributed by atoms with Gasteiger partial charge in [0.2, 0.25) is 0 Å². The Bertz CT molecular complexity index is 1140. The molecule has 160 valence electrons. The summed E-state index contributed by atoms with van der Waals surface area (Å²) in [4.78, 5) is 35.4. The Morgan fingerprint density at radius 2 is 1.93 bits per heavy atom. The summed E-state index contributed by atoms with van der Waals surface area (Å²) in [7, 11) is 0. The third-order valence-corrected chi connectivity index (χ3v) is 4.85. The van der Waals surface area contributed by atoms with Gasteiger partial charge in [0.15, 0.2) is 11.2 Å². The van der Waals surface area contributed by atoms with Crippen molar-refractivity contribution < 1.29 is 23.1 Å². The normalized spacial score (nSPS) is 12.9. The maximum atomic E-state index is 13.4. The lowest BCUT2D eigenvalue weighted by atomic mass is 10.0. The molecular formula is C20H21F3N4O3. The molecule has 0 fully saturated rings. The molecule has 1 aromatic heterocycles. The molecule has 0 unspecified atom stereocenters. The van der Waals surface area contributed by atoms with E-state index in [1.54, 1.807) is 4.90 Å². The van der Waals surface area contributed by atoms with Crippen LogP contribution in [0.5, 0.6) is 0 Å². The Kier molecular flexibility index (Phi) is 5.95. The van der Waals surface area contributed by atoms with Crippen LogP contribution < -0.4 is 21.3 Å². The number of carboxylic acids is 1. The molecule has 0 radical (unpaired) electrons. The van der Waals surface area contributed by atoms with E-state index >= 15 is 0 Å². The van der Waals surface area contributed by atoms with Crippen molar-refractivity contribution in [2.75, 3.05) is 11.4 Å². The summed E-state index contributed by atoms with van der Waals surface area (Å²) in [6.45, 7) is 5.27. The molecule has 0 saturated heterocycles. The summed E-state index contributed by atoms with van der Waals surface area (Å²) in [5.41, 5.74) is -0.690. The number of H-pyrrole nitrogens is 1. The van der Waals surface area contributed by atoms with Crippen LogP contribution in [0.2, 0.25) is 0 Å². The lowest BCUT2D eigenvalue weighted by Crippen LogP contribution is -2.42. The van der Waals surface area contributed by atoms with Gasteiger partial charge in [-0.3, -0.25) is 9.59 Å². The molecule has 0 aliphatic carbocycles. The second kappa shape index (κ2) is 8.29. The van der Waals surface area contributed by atoms with E-state index in [4.69, 9.17) is 5.11 Å². The number of aromatic nitrogens is 2. The highest BCUT2D eigenvalue weighted by atomic mass is 19.4. The van der Waals surface area contributed by atoms with Crippen LogP contribution in [0, 0.1) is 6.92 Å². The fourth-order valence-corrected chi connectivity index (χ4v) is 3.44. The fraction of sp³-hybridized carbons (Fsp3) is 0.400. The van der Waals surface area contributed by atoms with Gasteiger partial charge in [0.05, 0.1) is 16.9 Å². The number of aliphatic carboxylic acids is 1. The van der Waals surface area contributed by atoms with E-state index in [9.17, 15) is 22.8 Å². The van der Waals surface area contributed by atoms with Crippen LogP contribution in [0.1, 0.15) is 43.2 Å². The van der Waals surface area contributed by atoms with E-state index < -0.39 is 23.3 Å². The smallest absolute Gasteiger partial charge is 0.416 e. The van der Waals surface area contributed by atoms with Gasteiger partial charge in [-0.05, 0) is 37.5 Å². The van der Waals surface area contributed by atoms with Crippen LogP contribution in [0.25, 0.3) is 6.58 Å². The second-order valence-electron chi connectivity index (χ2n) is 7.16. The first-order valence-electron chi connectivity index (χ1n) is 9.47. The zero-order chi connectivity index (χ0) is 22.1. The molecule has 7 nitrogen and oxygen atoms in total. The number of hydrogen-bond acceptors (Lipinski definition) is 5. The van der Waals surface area contributed by atoms with Crippen molar-refractivity contribution in [3.63, 3.8) is 0 Å².